The number of ether oxygens (including phenoxy) is 1. The average Bonchev–Trinajstić information content (AvgIpc) is 2.81. The second-order valence-electron chi connectivity index (χ2n) is 5.06. The van der Waals surface area contributed by atoms with Crippen LogP contribution in [-0.4, -0.2) is 42.6 Å². The minimum absolute atomic E-state index is 0.125. The van der Waals surface area contributed by atoms with Crippen LogP contribution >= 0.6 is 0 Å². The number of carbonyl (C=O) groups excluding carboxylic acids is 1. The lowest BCUT2D eigenvalue weighted by Crippen LogP contribution is -2.54. The van der Waals surface area contributed by atoms with Crippen molar-refractivity contribution in [2.45, 2.75) is 25.5 Å². The second kappa shape index (κ2) is 4.61. The summed E-state index contributed by atoms with van der Waals surface area (Å²) in [5.74, 6) is 0.985. The van der Waals surface area contributed by atoms with Gasteiger partial charge in [-0.2, -0.15) is 0 Å². The van der Waals surface area contributed by atoms with Gasteiger partial charge in [0.1, 0.15) is 5.75 Å². The summed E-state index contributed by atoms with van der Waals surface area (Å²) in [4.78, 5) is 14.3. The molecule has 1 saturated heterocycles. The maximum Gasteiger partial charge on any atom is 0.264 e. The molecule has 2 aliphatic heterocycles. The molecule has 2 heterocycles. The van der Waals surface area contributed by atoms with E-state index in [1.807, 2.05) is 29.2 Å². The topological polar surface area (TPSA) is 41.6 Å². The van der Waals surface area contributed by atoms with E-state index in [4.69, 9.17) is 4.74 Å². The summed E-state index contributed by atoms with van der Waals surface area (Å²) in [6, 6.07) is 8.26. The minimum Gasteiger partial charge on any atom is -0.480 e. The zero-order valence-electron chi connectivity index (χ0n) is 10.6. The summed E-state index contributed by atoms with van der Waals surface area (Å²) in [6.45, 7) is 4.52. The molecule has 3 rings (SSSR count). The molecule has 1 N–H and O–H groups in total. The summed E-state index contributed by atoms with van der Waals surface area (Å²) in [5.41, 5.74) is 1.14. The molecule has 1 aromatic carbocycles. The second-order valence-corrected chi connectivity index (χ2v) is 5.06. The number of rotatable bonds is 1. The van der Waals surface area contributed by atoms with Crippen LogP contribution < -0.4 is 10.1 Å². The van der Waals surface area contributed by atoms with Crippen LogP contribution in [-0.2, 0) is 11.2 Å². The number of fused-ring (bicyclic) bond motifs is 1. The van der Waals surface area contributed by atoms with E-state index in [1.54, 1.807) is 0 Å². The molecule has 18 heavy (non-hydrogen) atoms. The standard InChI is InChI=1S/C14H18N2O2/c1-10-9-16(7-6-15-10)14(17)13-8-11-4-2-3-5-12(11)18-13/h2-5,10,13,15H,6-9H2,1H3/t10-,13+/m1/s1. The van der Waals surface area contributed by atoms with Gasteiger partial charge in [-0.15, -0.1) is 0 Å². The normalized spacial score (nSPS) is 26.6. The molecule has 4 heteroatoms. The Morgan fingerprint density at radius 3 is 3.06 bits per heavy atom. The first-order valence-electron chi connectivity index (χ1n) is 6.51. The molecule has 0 aromatic heterocycles. The number of hydrogen-bond acceptors (Lipinski definition) is 3. The first kappa shape index (κ1) is 11.5. The third-order valence-corrected chi connectivity index (χ3v) is 3.60. The van der Waals surface area contributed by atoms with E-state index in [2.05, 4.69) is 12.2 Å². The van der Waals surface area contributed by atoms with Crippen LogP contribution in [0.5, 0.6) is 5.75 Å². The van der Waals surface area contributed by atoms with Crippen molar-refractivity contribution in [1.29, 1.82) is 0 Å². The molecular formula is C14H18N2O2. The molecular weight excluding hydrogens is 228 g/mol. The molecule has 1 amide bonds. The Bertz CT molecular complexity index is 436. The molecule has 4 nitrogen and oxygen atoms in total. The van der Waals surface area contributed by atoms with E-state index in [0.29, 0.717) is 12.5 Å². The van der Waals surface area contributed by atoms with Gasteiger partial charge >= 0.3 is 0 Å². The first-order chi connectivity index (χ1) is 8.74. The molecule has 0 radical (unpaired) electrons. The fourth-order valence-corrected chi connectivity index (χ4v) is 2.66. The summed E-state index contributed by atoms with van der Waals surface area (Å²) < 4.78 is 5.75. The zero-order valence-corrected chi connectivity index (χ0v) is 10.6. The first-order valence-corrected chi connectivity index (χ1v) is 6.51. The van der Waals surface area contributed by atoms with E-state index in [-0.39, 0.29) is 12.0 Å². The van der Waals surface area contributed by atoms with Crippen molar-refractivity contribution in [3.63, 3.8) is 0 Å². The zero-order chi connectivity index (χ0) is 12.5. The summed E-state index contributed by atoms with van der Waals surface area (Å²) in [6.07, 6.45) is 0.375. The Morgan fingerprint density at radius 1 is 1.44 bits per heavy atom. The van der Waals surface area contributed by atoms with Gasteiger partial charge in [-0.05, 0) is 18.6 Å². The number of para-hydroxylation sites is 1. The predicted octanol–water partition coefficient (Wildman–Crippen LogP) is 0.810. The lowest BCUT2D eigenvalue weighted by molar-refractivity contribution is -0.139. The van der Waals surface area contributed by atoms with Crippen molar-refractivity contribution in [2.75, 3.05) is 19.6 Å². The van der Waals surface area contributed by atoms with Crippen molar-refractivity contribution >= 4 is 5.91 Å². The van der Waals surface area contributed by atoms with E-state index in [0.717, 1.165) is 30.9 Å². The average molecular weight is 246 g/mol. The van der Waals surface area contributed by atoms with Gasteiger partial charge in [0.15, 0.2) is 6.10 Å². The molecule has 0 aliphatic carbocycles. The molecule has 2 aliphatic rings. The van der Waals surface area contributed by atoms with Gasteiger partial charge in [0, 0.05) is 32.1 Å². The van der Waals surface area contributed by atoms with Gasteiger partial charge in [0.25, 0.3) is 5.91 Å². The molecule has 0 spiro atoms. The number of nitrogens with one attached hydrogen (secondary N) is 1. The fourth-order valence-electron chi connectivity index (χ4n) is 2.66. The van der Waals surface area contributed by atoms with Gasteiger partial charge in [-0.3, -0.25) is 4.79 Å². The number of nitrogens with zero attached hydrogens (tertiary/aromatic N) is 1. The Morgan fingerprint density at radius 2 is 2.28 bits per heavy atom. The van der Waals surface area contributed by atoms with Crippen molar-refractivity contribution in [3.05, 3.63) is 29.8 Å². The third kappa shape index (κ3) is 2.08. The Kier molecular flexibility index (Phi) is 2.96. The van der Waals surface area contributed by atoms with Crippen molar-refractivity contribution in [3.8, 4) is 5.75 Å². The van der Waals surface area contributed by atoms with Gasteiger partial charge < -0.3 is 15.0 Å². The lowest BCUT2D eigenvalue weighted by atomic mass is 10.1. The highest BCUT2D eigenvalue weighted by atomic mass is 16.5. The third-order valence-electron chi connectivity index (χ3n) is 3.60. The maximum atomic E-state index is 12.4. The van der Waals surface area contributed by atoms with Gasteiger partial charge in [0.05, 0.1) is 0 Å². The fraction of sp³-hybridized carbons (Fsp3) is 0.500. The number of benzene rings is 1. The van der Waals surface area contributed by atoms with Crippen LogP contribution in [0.15, 0.2) is 24.3 Å². The number of amides is 1. The SMILES string of the molecule is C[C@@H]1CN(C(=O)[C@@H]2Cc3ccccc3O2)CCN1. The molecule has 0 unspecified atom stereocenters. The van der Waals surface area contributed by atoms with E-state index in [9.17, 15) is 4.79 Å². The van der Waals surface area contributed by atoms with Crippen LogP contribution in [0.3, 0.4) is 0 Å². The van der Waals surface area contributed by atoms with Crippen LogP contribution in [0.1, 0.15) is 12.5 Å². The molecule has 2 atom stereocenters. The van der Waals surface area contributed by atoms with E-state index >= 15 is 0 Å². The number of hydrogen-bond donors (Lipinski definition) is 1. The highest BCUT2D eigenvalue weighted by Gasteiger charge is 2.33. The Labute approximate surface area is 107 Å². The smallest absolute Gasteiger partial charge is 0.264 e. The Hall–Kier alpha value is -1.55. The summed E-state index contributed by atoms with van der Waals surface area (Å²) in [7, 11) is 0. The van der Waals surface area contributed by atoms with Crippen molar-refractivity contribution in [2.24, 2.45) is 0 Å². The predicted molar refractivity (Wildman–Crippen MR) is 68.6 cm³/mol. The summed E-state index contributed by atoms with van der Waals surface area (Å²) >= 11 is 0. The largest absolute Gasteiger partial charge is 0.480 e. The van der Waals surface area contributed by atoms with Crippen LogP contribution in [0.2, 0.25) is 0 Å². The highest BCUT2D eigenvalue weighted by Crippen LogP contribution is 2.29. The van der Waals surface area contributed by atoms with Gasteiger partial charge in [0.2, 0.25) is 0 Å². The quantitative estimate of drug-likeness (QED) is 0.797. The number of carbonyl (C=O) groups is 1. The lowest BCUT2D eigenvalue weighted by Gasteiger charge is -2.33. The molecule has 96 valence electrons. The highest BCUT2D eigenvalue weighted by molar-refractivity contribution is 5.82. The van der Waals surface area contributed by atoms with Crippen LogP contribution in [0.4, 0.5) is 0 Å². The maximum absolute atomic E-state index is 12.4. The van der Waals surface area contributed by atoms with Crippen molar-refractivity contribution in [1.82, 2.24) is 10.2 Å². The monoisotopic (exact) mass is 246 g/mol. The molecule has 1 aromatic rings. The van der Waals surface area contributed by atoms with Gasteiger partial charge in [-0.25, -0.2) is 0 Å². The van der Waals surface area contributed by atoms with Crippen LogP contribution in [0, 0.1) is 0 Å². The van der Waals surface area contributed by atoms with Crippen molar-refractivity contribution < 1.29 is 9.53 Å². The molecule has 0 saturated carbocycles. The Balaban J connectivity index is 1.68. The number of piperazine rings is 1. The van der Waals surface area contributed by atoms with Gasteiger partial charge in [-0.1, -0.05) is 18.2 Å². The van der Waals surface area contributed by atoms with Crippen LogP contribution in [0.25, 0.3) is 0 Å². The minimum atomic E-state index is -0.326. The molecule has 0 bridgehead atoms. The molecule has 1 fully saturated rings. The summed E-state index contributed by atoms with van der Waals surface area (Å²) in [5, 5.41) is 3.34. The van der Waals surface area contributed by atoms with E-state index in [1.165, 1.54) is 0 Å². The van der Waals surface area contributed by atoms with E-state index < -0.39 is 0 Å².